The first-order valence-electron chi connectivity index (χ1n) is 10.5. The van der Waals surface area contributed by atoms with Crippen LogP contribution in [0.15, 0.2) is 59.3 Å². The Morgan fingerprint density at radius 1 is 1.19 bits per heavy atom. The van der Waals surface area contributed by atoms with Crippen molar-refractivity contribution in [1.82, 2.24) is 20.0 Å². The van der Waals surface area contributed by atoms with E-state index in [1.807, 2.05) is 73.5 Å². The third kappa shape index (κ3) is 4.03. The zero-order valence-corrected chi connectivity index (χ0v) is 17.5. The number of ether oxygens (including phenoxy) is 1. The normalized spacial score (nSPS) is 16.5. The molecule has 1 atom stereocenters. The van der Waals surface area contributed by atoms with Crippen LogP contribution >= 0.6 is 0 Å². The van der Waals surface area contributed by atoms with Crippen molar-refractivity contribution in [2.45, 2.75) is 38.8 Å². The number of likely N-dealkylation sites (tertiary alicyclic amines) is 1. The van der Waals surface area contributed by atoms with E-state index in [1.54, 1.807) is 0 Å². The van der Waals surface area contributed by atoms with Crippen molar-refractivity contribution in [1.29, 1.82) is 0 Å². The number of aromatic nitrogens is 3. The number of carbonyl (C=O) groups is 1. The van der Waals surface area contributed by atoms with Gasteiger partial charge in [0.2, 0.25) is 5.91 Å². The minimum atomic E-state index is -0.0669. The van der Waals surface area contributed by atoms with Crippen molar-refractivity contribution in [2.24, 2.45) is 0 Å². The molecule has 1 unspecified atom stereocenters. The van der Waals surface area contributed by atoms with Crippen molar-refractivity contribution in [3.8, 4) is 17.2 Å². The molecule has 1 fully saturated rings. The Hall–Kier alpha value is -3.61. The Labute approximate surface area is 180 Å². The maximum absolute atomic E-state index is 12.6. The second kappa shape index (κ2) is 7.91. The van der Waals surface area contributed by atoms with Gasteiger partial charge in [0.05, 0.1) is 6.10 Å². The summed E-state index contributed by atoms with van der Waals surface area (Å²) in [6.45, 7) is 5.14. The minimum absolute atomic E-state index is 0.0669. The highest BCUT2D eigenvalue weighted by molar-refractivity contribution is 5.83. The van der Waals surface area contributed by atoms with E-state index in [-0.39, 0.29) is 17.9 Å². The van der Waals surface area contributed by atoms with E-state index < -0.39 is 0 Å². The van der Waals surface area contributed by atoms with Crippen LogP contribution in [0.4, 0.5) is 0 Å². The fourth-order valence-corrected chi connectivity index (χ4v) is 3.96. The van der Waals surface area contributed by atoms with E-state index in [0.717, 1.165) is 27.8 Å². The molecule has 1 aliphatic heterocycles. The number of amides is 1. The predicted molar refractivity (Wildman–Crippen MR) is 117 cm³/mol. The maximum atomic E-state index is 12.6. The second-order valence-corrected chi connectivity index (χ2v) is 8.22. The molecule has 1 saturated heterocycles. The van der Waals surface area contributed by atoms with Gasteiger partial charge in [-0.25, -0.2) is 0 Å². The van der Waals surface area contributed by atoms with Gasteiger partial charge in [-0.3, -0.25) is 4.79 Å². The zero-order chi connectivity index (χ0) is 21.4. The molecule has 4 aromatic rings. The highest BCUT2D eigenvalue weighted by Crippen LogP contribution is 2.30. The van der Waals surface area contributed by atoms with E-state index in [2.05, 4.69) is 15.1 Å². The van der Waals surface area contributed by atoms with Crippen LogP contribution in [-0.4, -0.2) is 38.6 Å². The lowest BCUT2D eigenvalue weighted by Crippen LogP contribution is -2.24. The van der Waals surface area contributed by atoms with Crippen LogP contribution < -0.4 is 4.74 Å². The van der Waals surface area contributed by atoms with Crippen LogP contribution in [0.5, 0.6) is 5.75 Å². The molecule has 2 aromatic heterocycles. The lowest BCUT2D eigenvalue weighted by atomic mass is 10.1. The molecule has 158 valence electrons. The van der Waals surface area contributed by atoms with Crippen LogP contribution in [0.25, 0.3) is 22.4 Å². The SMILES string of the molecule is CC(C)Oc1ccc(CN2CC(c3noc(-c4ccc5cc[nH]c5c4)n3)CC2=O)cc1. The van der Waals surface area contributed by atoms with Gasteiger partial charge < -0.3 is 19.1 Å². The molecule has 0 aliphatic carbocycles. The number of hydrogen-bond acceptors (Lipinski definition) is 5. The summed E-state index contributed by atoms with van der Waals surface area (Å²) in [5, 5.41) is 5.29. The minimum Gasteiger partial charge on any atom is -0.491 e. The van der Waals surface area contributed by atoms with Gasteiger partial charge in [0.15, 0.2) is 5.82 Å². The molecule has 3 heterocycles. The van der Waals surface area contributed by atoms with Crippen molar-refractivity contribution < 1.29 is 14.1 Å². The first kappa shape index (κ1) is 19.4. The van der Waals surface area contributed by atoms with Crippen LogP contribution in [-0.2, 0) is 11.3 Å². The van der Waals surface area contributed by atoms with Gasteiger partial charge in [0.25, 0.3) is 5.89 Å². The Bertz CT molecular complexity index is 1210. The summed E-state index contributed by atoms with van der Waals surface area (Å²) >= 11 is 0. The standard InChI is InChI=1S/C24H24N4O3/c1-15(2)30-20-7-3-16(4-8-20)13-28-14-19(12-22(28)29)23-26-24(31-27-23)18-6-5-17-9-10-25-21(17)11-18/h3-11,15,19,25H,12-14H2,1-2H3. The molecule has 1 N–H and O–H groups in total. The predicted octanol–water partition coefficient (Wildman–Crippen LogP) is 4.52. The van der Waals surface area contributed by atoms with Crippen molar-refractivity contribution in [3.05, 3.63) is 66.1 Å². The quantitative estimate of drug-likeness (QED) is 0.500. The van der Waals surface area contributed by atoms with Gasteiger partial charge in [0, 0.05) is 42.7 Å². The second-order valence-electron chi connectivity index (χ2n) is 8.22. The number of carbonyl (C=O) groups excluding carboxylic acids is 1. The fourth-order valence-electron chi connectivity index (χ4n) is 3.96. The summed E-state index contributed by atoms with van der Waals surface area (Å²) in [6, 6.07) is 15.9. The van der Waals surface area contributed by atoms with Crippen molar-refractivity contribution in [3.63, 3.8) is 0 Å². The Morgan fingerprint density at radius 3 is 2.84 bits per heavy atom. The summed E-state index contributed by atoms with van der Waals surface area (Å²) in [7, 11) is 0. The first-order chi connectivity index (χ1) is 15.0. The van der Waals surface area contributed by atoms with Gasteiger partial charge in [-0.1, -0.05) is 23.4 Å². The molecule has 7 heteroatoms. The average Bonchev–Trinajstić information content (AvgIpc) is 3.48. The number of benzene rings is 2. The van der Waals surface area contributed by atoms with E-state index in [1.165, 1.54) is 0 Å². The maximum Gasteiger partial charge on any atom is 0.258 e. The molecule has 5 rings (SSSR count). The number of nitrogens with zero attached hydrogens (tertiary/aromatic N) is 3. The Kier molecular flexibility index (Phi) is 4.94. The van der Waals surface area contributed by atoms with Gasteiger partial charge in [-0.05, 0) is 55.1 Å². The van der Waals surface area contributed by atoms with Gasteiger partial charge in [0.1, 0.15) is 5.75 Å². The largest absolute Gasteiger partial charge is 0.491 e. The van der Waals surface area contributed by atoms with Crippen LogP contribution in [0, 0.1) is 0 Å². The molecule has 0 spiro atoms. The monoisotopic (exact) mass is 416 g/mol. The lowest BCUT2D eigenvalue weighted by molar-refractivity contribution is -0.128. The van der Waals surface area contributed by atoms with Gasteiger partial charge in [-0.15, -0.1) is 0 Å². The molecule has 0 bridgehead atoms. The summed E-state index contributed by atoms with van der Waals surface area (Å²) < 4.78 is 11.2. The van der Waals surface area contributed by atoms with Crippen LogP contribution in [0.2, 0.25) is 0 Å². The number of fused-ring (bicyclic) bond motifs is 1. The average molecular weight is 416 g/mol. The van der Waals surface area contributed by atoms with Gasteiger partial charge >= 0.3 is 0 Å². The van der Waals surface area contributed by atoms with Crippen molar-refractivity contribution >= 4 is 16.8 Å². The summed E-state index contributed by atoms with van der Waals surface area (Å²) in [5.41, 5.74) is 2.95. The summed E-state index contributed by atoms with van der Waals surface area (Å²) in [4.78, 5) is 22.2. The molecular weight excluding hydrogens is 392 g/mol. The van der Waals surface area contributed by atoms with Crippen LogP contribution in [0.3, 0.4) is 0 Å². The number of rotatable bonds is 6. The molecule has 2 aromatic carbocycles. The third-order valence-corrected chi connectivity index (χ3v) is 5.49. The Morgan fingerprint density at radius 2 is 2.03 bits per heavy atom. The van der Waals surface area contributed by atoms with E-state index in [0.29, 0.717) is 31.2 Å². The molecule has 7 nitrogen and oxygen atoms in total. The molecule has 1 amide bonds. The van der Waals surface area contributed by atoms with E-state index in [4.69, 9.17) is 9.26 Å². The highest BCUT2D eigenvalue weighted by atomic mass is 16.5. The highest BCUT2D eigenvalue weighted by Gasteiger charge is 2.33. The molecular formula is C24H24N4O3. The zero-order valence-electron chi connectivity index (χ0n) is 17.5. The van der Waals surface area contributed by atoms with Crippen LogP contribution in [0.1, 0.15) is 37.6 Å². The van der Waals surface area contributed by atoms with E-state index >= 15 is 0 Å². The fraction of sp³-hybridized carbons (Fsp3) is 0.292. The first-order valence-corrected chi connectivity index (χ1v) is 10.5. The number of aromatic amines is 1. The number of H-pyrrole nitrogens is 1. The molecule has 31 heavy (non-hydrogen) atoms. The number of hydrogen-bond donors (Lipinski definition) is 1. The third-order valence-electron chi connectivity index (χ3n) is 5.49. The molecule has 1 aliphatic rings. The molecule has 0 radical (unpaired) electrons. The number of nitrogens with one attached hydrogen (secondary N) is 1. The van der Waals surface area contributed by atoms with E-state index in [9.17, 15) is 4.79 Å². The van der Waals surface area contributed by atoms with Gasteiger partial charge in [-0.2, -0.15) is 4.98 Å². The topological polar surface area (TPSA) is 84.2 Å². The smallest absolute Gasteiger partial charge is 0.258 e. The summed E-state index contributed by atoms with van der Waals surface area (Å²) in [6.07, 6.45) is 2.43. The Balaban J connectivity index is 1.27. The lowest BCUT2D eigenvalue weighted by Gasteiger charge is -2.17. The molecule has 0 saturated carbocycles. The van der Waals surface area contributed by atoms with Crippen molar-refractivity contribution in [2.75, 3.05) is 6.54 Å². The summed E-state index contributed by atoms with van der Waals surface area (Å²) in [5.74, 6) is 1.92.